The van der Waals surface area contributed by atoms with E-state index in [0.717, 1.165) is 0 Å². The molecule has 0 aromatic heterocycles. The summed E-state index contributed by atoms with van der Waals surface area (Å²) in [5.41, 5.74) is 5.11. The average Bonchev–Trinajstić information content (AvgIpc) is 1.85. The number of aliphatic hydroxyl groups is 1. The molecule has 0 aliphatic heterocycles. The molecule has 12 heavy (non-hydrogen) atoms. The zero-order valence-corrected chi connectivity index (χ0v) is 8.04. The standard InChI is InChI=1S/C6H16NO4P/c1-2-5-12(9,10)11-6(8)3-4-7/h6,8H,2-5,7H2,1H3,(H,9,10). The van der Waals surface area contributed by atoms with Crippen LogP contribution >= 0.6 is 7.60 Å². The highest BCUT2D eigenvalue weighted by atomic mass is 31.2. The van der Waals surface area contributed by atoms with Crippen LogP contribution in [0.3, 0.4) is 0 Å². The van der Waals surface area contributed by atoms with E-state index in [1.165, 1.54) is 0 Å². The second kappa shape index (κ2) is 5.67. The highest BCUT2D eigenvalue weighted by Crippen LogP contribution is 2.43. The van der Waals surface area contributed by atoms with Gasteiger partial charge in [-0.1, -0.05) is 6.92 Å². The lowest BCUT2D eigenvalue weighted by molar-refractivity contribution is -0.0275. The molecule has 0 spiro atoms. The molecule has 4 N–H and O–H groups in total. The van der Waals surface area contributed by atoms with Crippen molar-refractivity contribution in [1.29, 1.82) is 0 Å². The minimum absolute atomic E-state index is 0.0641. The summed E-state index contributed by atoms with van der Waals surface area (Å²) >= 11 is 0. The molecule has 74 valence electrons. The van der Waals surface area contributed by atoms with Crippen LogP contribution in [-0.4, -0.2) is 29.0 Å². The Labute approximate surface area is 72.1 Å². The van der Waals surface area contributed by atoms with Gasteiger partial charge in [0.2, 0.25) is 0 Å². The second-order valence-electron chi connectivity index (χ2n) is 2.50. The summed E-state index contributed by atoms with van der Waals surface area (Å²) in [6, 6.07) is 0. The summed E-state index contributed by atoms with van der Waals surface area (Å²) in [7, 11) is -3.58. The van der Waals surface area contributed by atoms with Gasteiger partial charge < -0.3 is 15.7 Å². The summed E-state index contributed by atoms with van der Waals surface area (Å²) in [5, 5.41) is 8.98. The molecule has 0 radical (unpaired) electrons. The minimum Gasteiger partial charge on any atom is -0.367 e. The highest BCUT2D eigenvalue weighted by molar-refractivity contribution is 7.52. The number of hydrogen-bond donors (Lipinski definition) is 3. The van der Waals surface area contributed by atoms with Gasteiger partial charge in [-0.2, -0.15) is 0 Å². The van der Waals surface area contributed by atoms with Crippen molar-refractivity contribution in [3.8, 4) is 0 Å². The van der Waals surface area contributed by atoms with Crippen molar-refractivity contribution < 1.29 is 19.1 Å². The molecular formula is C6H16NO4P. The summed E-state index contributed by atoms with van der Waals surface area (Å²) in [4.78, 5) is 9.04. The first-order valence-corrected chi connectivity index (χ1v) is 5.66. The van der Waals surface area contributed by atoms with Crippen molar-refractivity contribution in [2.75, 3.05) is 12.7 Å². The fraction of sp³-hybridized carbons (Fsp3) is 1.00. The van der Waals surface area contributed by atoms with E-state index in [4.69, 9.17) is 15.7 Å². The Balaban J connectivity index is 3.79. The smallest absolute Gasteiger partial charge is 0.330 e. The van der Waals surface area contributed by atoms with Crippen LogP contribution in [0.1, 0.15) is 19.8 Å². The summed E-state index contributed by atoms with van der Waals surface area (Å²) < 4.78 is 15.5. The van der Waals surface area contributed by atoms with Crippen LogP contribution in [0.5, 0.6) is 0 Å². The van der Waals surface area contributed by atoms with Crippen molar-refractivity contribution >= 4 is 7.60 Å². The second-order valence-corrected chi connectivity index (χ2v) is 4.43. The Morgan fingerprint density at radius 3 is 2.67 bits per heavy atom. The van der Waals surface area contributed by atoms with E-state index >= 15 is 0 Å². The first-order valence-electron chi connectivity index (χ1n) is 3.90. The first kappa shape index (κ1) is 12.1. The van der Waals surface area contributed by atoms with Crippen LogP contribution in [0.4, 0.5) is 0 Å². The maximum atomic E-state index is 11.0. The third-order valence-electron chi connectivity index (χ3n) is 1.21. The van der Waals surface area contributed by atoms with Crippen molar-refractivity contribution in [2.45, 2.75) is 26.1 Å². The fourth-order valence-electron chi connectivity index (χ4n) is 0.721. The number of nitrogens with two attached hydrogens (primary N) is 1. The Bertz CT molecular complexity index is 164. The van der Waals surface area contributed by atoms with Crippen LogP contribution in [0.15, 0.2) is 0 Å². The van der Waals surface area contributed by atoms with Gasteiger partial charge in [0.05, 0.1) is 0 Å². The molecular weight excluding hydrogens is 181 g/mol. The highest BCUT2D eigenvalue weighted by Gasteiger charge is 2.21. The van der Waals surface area contributed by atoms with Gasteiger partial charge in [0, 0.05) is 12.6 Å². The molecule has 0 rings (SSSR count). The van der Waals surface area contributed by atoms with Gasteiger partial charge in [-0.15, -0.1) is 0 Å². The van der Waals surface area contributed by atoms with Crippen LogP contribution < -0.4 is 5.73 Å². The van der Waals surface area contributed by atoms with Crippen molar-refractivity contribution in [1.82, 2.24) is 0 Å². The van der Waals surface area contributed by atoms with Crippen LogP contribution in [0.2, 0.25) is 0 Å². The molecule has 0 aliphatic rings. The maximum Gasteiger partial charge on any atom is 0.330 e. The zero-order valence-electron chi connectivity index (χ0n) is 7.14. The topological polar surface area (TPSA) is 92.8 Å². The Morgan fingerprint density at radius 2 is 2.25 bits per heavy atom. The number of aliphatic hydroxyl groups excluding tert-OH is 1. The van der Waals surface area contributed by atoms with Gasteiger partial charge in [-0.05, 0) is 13.0 Å². The molecule has 2 atom stereocenters. The molecule has 0 bridgehead atoms. The molecule has 6 heteroatoms. The van der Waals surface area contributed by atoms with Crippen molar-refractivity contribution in [2.24, 2.45) is 5.73 Å². The van der Waals surface area contributed by atoms with Gasteiger partial charge in [-0.25, -0.2) is 0 Å². The minimum atomic E-state index is -3.58. The van der Waals surface area contributed by atoms with E-state index in [0.29, 0.717) is 6.42 Å². The normalized spacial score (nSPS) is 18.7. The molecule has 2 unspecified atom stereocenters. The van der Waals surface area contributed by atoms with Crippen molar-refractivity contribution in [3.05, 3.63) is 0 Å². The molecule has 0 aromatic rings. The van der Waals surface area contributed by atoms with E-state index < -0.39 is 13.9 Å². The largest absolute Gasteiger partial charge is 0.367 e. The van der Waals surface area contributed by atoms with Gasteiger partial charge in [0.25, 0.3) is 0 Å². The third-order valence-corrected chi connectivity index (χ3v) is 2.79. The van der Waals surface area contributed by atoms with E-state index in [-0.39, 0.29) is 19.1 Å². The van der Waals surface area contributed by atoms with Crippen molar-refractivity contribution in [3.63, 3.8) is 0 Å². The lowest BCUT2D eigenvalue weighted by Gasteiger charge is -2.15. The molecule has 0 heterocycles. The first-order chi connectivity index (χ1) is 5.52. The fourth-order valence-corrected chi connectivity index (χ4v) is 1.88. The Hall–Kier alpha value is 0.0700. The van der Waals surface area contributed by atoms with E-state index in [1.54, 1.807) is 6.92 Å². The number of rotatable bonds is 6. The molecule has 0 amide bonds. The molecule has 5 nitrogen and oxygen atoms in total. The molecule has 0 aromatic carbocycles. The van der Waals surface area contributed by atoms with Crippen LogP contribution in [0, 0.1) is 0 Å². The number of hydrogen-bond acceptors (Lipinski definition) is 4. The van der Waals surface area contributed by atoms with E-state index in [1.807, 2.05) is 0 Å². The lowest BCUT2D eigenvalue weighted by Crippen LogP contribution is -2.16. The molecule has 0 fully saturated rings. The van der Waals surface area contributed by atoms with Gasteiger partial charge in [-0.3, -0.25) is 9.09 Å². The Kier molecular flexibility index (Phi) is 5.70. The van der Waals surface area contributed by atoms with E-state index in [2.05, 4.69) is 4.52 Å². The third kappa shape index (κ3) is 5.69. The Morgan fingerprint density at radius 1 is 1.67 bits per heavy atom. The quantitative estimate of drug-likeness (QED) is 0.419. The predicted molar refractivity (Wildman–Crippen MR) is 45.7 cm³/mol. The summed E-state index contributed by atoms with van der Waals surface area (Å²) in [6.45, 7) is 1.99. The SMILES string of the molecule is CCCP(=O)(O)OC(O)CCN. The monoisotopic (exact) mass is 197 g/mol. The van der Waals surface area contributed by atoms with Gasteiger partial charge >= 0.3 is 7.60 Å². The lowest BCUT2D eigenvalue weighted by atomic mass is 10.4. The summed E-state index contributed by atoms with van der Waals surface area (Å²) in [6.07, 6.45) is -0.441. The molecule has 0 saturated carbocycles. The molecule has 0 saturated heterocycles. The average molecular weight is 197 g/mol. The van der Waals surface area contributed by atoms with Crippen LogP contribution in [0.25, 0.3) is 0 Å². The summed E-state index contributed by atoms with van der Waals surface area (Å²) in [5.74, 6) is 0. The van der Waals surface area contributed by atoms with Gasteiger partial charge in [0.1, 0.15) is 0 Å². The zero-order chi connectivity index (χ0) is 9.61. The van der Waals surface area contributed by atoms with Gasteiger partial charge in [0.15, 0.2) is 6.29 Å². The van der Waals surface area contributed by atoms with Crippen LogP contribution in [-0.2, 0) is 9.09 Å². The predicted octanol–water partition coefficient (Wildman–Crippen LogP) is 0.266. The molecule has 0 aliphatic carbocycles. The van der Waals surface area contributed by atoms with E-state index in [9.17, 15) is 4.57 Å². The maximum absolute atomic E-state index is 11.0.